The average molecular weight is 362 g/mol. The van der Waals surface area contributed by atoms with E-state index in [9.17, 15) is 9.59 Å². The van der Waals surface area contributed by atoms with Gasteiger partial charge < -0.3 is 10.6 Å². The molecule has 0 aromatic heterocycles. The van der Waals surface area contributed by atoms with Crippen molar-refractivity contribution in [3.63, 3.8) is 0 Å². The van der Waals surface area contributed by atoms with Gasteiger partial charge in [0.05, 0.1) is 0 Å². The second-order valence-corrected chi connectivity index (χ2v) is 8.13. The number of nitrogens with zero attached hydrogens (tertiary/aromatic N) is 1. The maximum Gasteiger partial charge on any atom is 0.313 e. The summed E-state index contributed by atoms with van der Waals surface area (Å²) < 4.78 is 0. The van der Waals surface area contributed by atoms with Crippen molar-refractivity contribution >= 4 is 29.3 Å². The summed E-state index contributed by atoms with van der Waals surface area (Å²) in [4.78, 5) is 26.7. The van der Waals surface area contributed by atoms with E-state index in [1.807, 2.05) is 25.1 Å². The number of carbonyl (C=O) groups excluding carboxylic acids is 2. The normalized spacial score (nSPS) is 21.9. The largest absolute Gasteiger partial charge is 0.348 e. The van der Waals surface area contributed by atoms with Gasteiger partial charge in [0.15, 0.2) is 0 Å². The molecule has 2 heterocycles. The first-order valence-electron chi connectivity index (χ1n) is 9.10. The number of hydrogen-bond donors (Lipinski definition) is 2. The topological polar surface area (TPSA) is 61.4 Å². The van der Waals surface area contributed by atoms with Crippen molar-refractivity contribution < 1.29 is 9.59 Å². The van der Waals surface area contributed by atoms with E-state index >= 15 is 0 Å². The molecule has 0 spiro atoms. The number of amides is 2. The fraction of sp³-hybridized carbons (Fsp3) is 0.579. The Morgan fingerprint density at radius 3 is 2.60 bits per heavy atom. The Morgan fingerprint density at radius 1 is 1.16 bits per heavy atom. The highest BCUT2D eigenvalue weighted by Gasteiger charge is 2.27. The zero-order valence-corrected chi connectivity index (χ0v) is 15.6. The molecule has 5 nitrogen and oxygen atoms in total. The minimum Gasteiger partial charge on any atom is -0.348 e. The molecule has 2 N–H and O–H groups in total. The van der Waals surface area contributed by atoms with Crippen molar-refractivity contribution in [2.75, 3.05) is 36.5 Å². The van der Waals surface area contributed by atoms with Crippen molar-refractivity contribution in [1.82, 2.24) is 10.2 Å². The quantitative estimate of drug-likeness (QED) is 0.808. The SMILES string of the molecule is Cc1ccccc1NC(=O)C(=O)NCC1CCN(C2CCSC2)CC1. The van der Waals surface area contributed by atoms with Crippen molar-refractivity contribution in [2.24, 2.45) is 5.92 Å². The van der Waals surface area contributed by atoms with E-state index in [0.717, 1.165) is 37.5 Å². The van der Waals surface area contributed by atoms with Gasteiger partial charge in [-0.3, -0.25) is 14.5 Å². The first kappa shape index (κ1) is 18.3. The minimum absolute atomic E-state index is 0.473. The van der Waals surface area contributed by atoms with Crippen LogP contribution in [0, 0.1) is 12.8 Å². The average Bonchev–Trinajstić information content (AvgIpc) is 3.16. The first-order valence-corrected chi connectivity index (χ1v) is 10.3. The molecule has 1 unspecified atom stereocenters. The van der Waals surface area contributed by atoms with Gasteiger partial charge in [0.1, 0.15) is 0 Å². The molecule has 1 atom stereocenters. The number of rotatable bonds is 4. The maximum absolute atomic E-state index is 12.0. The van der Waals surface area contributed by atoms with Gasteiger partial charge in [-0.1, -0.05) is 18.2 Å². The van der Waals surface area contributed by atoms with Crippen LogP contribution in [-0.4, -0.2) is 53.9 Å². The Bertz CT molecular complexity index is 608. The standard InChI is InChI=1S/C19H27N3O2S/c1-14-4-2-3-5-17(14)21-19(24)18(23)20-12-15-6-9-22(10-7-15)16-8-11-25-13-16/h2-5,15-16H,6-13H2,1H3,(H,20,23)(H,21,24). The molecular weight excluding hydrogens is 334 g/mol. The van der Waals surface area contributed by atoms with Gasteiger partial charge in [0.2, 0.25) is 0 Å². The molecule has 0 saturated carbocycles. The summed E-state index contributed by atoms with van der Waals surface area (Å²) in [5.74, 6) is 1.89. The Morgan fingerprint density at radius 2 is 1.92 bits per heavy atom. The molecule has 1 aromatic carbocycles. The van der Waals surface area contributed by atoms with E-state index in [1.54, 1.807) is 6.07 Å². The summed E-state index contributed by atoms with van der Waals surface area (Å²) >= 11 is 2.05. The predicted octanol–water partition coefficient (Wildman–Crippen LogP) is 2.27. The van der Waals surface area contributed by atoms with Gasteiger partial charge in [-0.15, -0.1) is 0 Å². The van der Waals surface area contributed by atoms with Gasteiger partial charge in [-0.25, -0.2) is 0 Å². The fourth-order valence-corrected chi connectivity index (χ4v) is 4.80. The van der Waals surface area contributed by atoms with Crippen molar-refractivity contribution in [2.45, 2.75) is 32.2 Å². The monoisotopic (exact) mass is 361 g/mol. The third kappa shape index (κ3) is 4.98. The molecule has 2 aliphatic rings. The Balaban J connectivity index is 1.39. The number of piperidine rings is 1. The van der Waals surface area contributed by atoms with Crippen LogP contribution in [0.3, 0.4) is 0 Å². The molecule has 0 bridgehead atoms. The highest BCUT2D eigenvalue weighted by Crippen LogP contribution is 2.26. The highest BCUT2D eigenvalue weighted by atomic mass is 32.2. The molecule has 1 aromatic rings. The summed E-state index contributed by atoms with van der Waals surface area (Å²) in [5, 5.41) is 5.48. The molecule has 0 aliphatic carbocycles. The lowest BCUT2D eigenvalue weighted by Gasteiger charge is -2.35. The summed E-state index contributed by atoms with van der Waals surface area (Å²) in [6.07, 6.45) is 3.51. The third-order valence-corrected chi connectivity index (χ3v) is 6.37. The number of carbonyl (C=O) groups is 2. The van der Waals surface area contributed by atoms with Crippen LogP contribution in [0.5, 0.6) is 0 Å². The highest BCUT2D eigenvalue weighted by molar-refractivity contribution is 7.99. The van der Waals surface area contributed by atoms with E-state index in [0.29, 0.717) is 18.2 Å². The number of para-hydroxylation sites is 1. The predicted molar refractivity (Wildman–Crippen MR) is 103 cm³/mol. The number of anilines is 1. The molecule has 3 rings (SSSR count). The van der Waals surface area contributed by atoms with Crippen LogP contribution in [0.15, 0.2) is 24.3 Å². The van der Waals surface area contributed by atoms with Crippen LogP contribution in [0.25, 0.3) is 0 Å². The summed E-state index contributed by atoms with van der Waals surface area (Å²) in [6.45, 7) is 4.72. The maximum atomic E-state index is 12.0. The molecule has 2 saturated heterocycles. The van der Waals surface area contributed by atoms with Crippen LogP contribution in [-0.2, 0) is 9.59 Å². The number of thioether (sulfide) groups is 1. The Labute approximate surface area is 153 Å². The lowest BCUT2D eigenvalue weighted by molar-refractivity contribution is -0.136. The lowest BCUT2D eigenvalue weighted by Crippen LogP contribution is -2.45. The number of aryl methyl sites for hydroxylation is 1. The zero-order valence-electron chi connectivity index (χ0n) is 14.8. The molecule has 136 valence electrons. The fourth-order valence-electron chi connectivity index (χ4n) is 3.54. The van der Waals surface area contributed by atoms with Crippen molar-refractivity contribution in [3.8, 4) is 0 Å². The molecule has 2 aliphatic heterocycles. The van der Waals surface area contributed by atoms with Crippen LogP contribution < -0.4 is 10.6 Å². The van der Waals surface area contributed by atoms with Crippen molar-refractivity contribution in [3.05, 3.63) is 29.8 Å². The second-order valence-electron chi connectivity index (χ2n) is 6.98. The lowest BCUT2D eigenvalue weighted by atomic mass is 9.95. The van der Waals surface area contributed by atoms with E-state index in [2.05, 4.69) is 27.3 Å². The molecule has 2 amide bonds. The van der Waals surface area contributed by atoms with Crippen LogP contribution in [0.4, 0.5) is 5.69 Å². The van der Waals surface area contributed by atoms with E-state index in [1.165, 1.54) is 17.9 Å². The van der Waals surface area contributed by atoms with Crippen molar-refractivity contribution in [1.29, 1.82) is 0 Å². The van der Waals surface area contributed by atoms with Gasteiger partial charge in [-0.05, 0) is 62.6 Å². The summed E-state index contributed by atoms with van der Waals surface area (Å²) in [7, 11) is 0. The Kier molecular flexibility index (Phi) is 6.37. The summed E-state index contributed by atoms with van der Waals surface area (Å²) in [6, 6.07) is 8.21. The van der Waals surface area contributed by atoms with Gasteiger partial charge in [-0.2, -0.15) is 11.8 Å². The van der Waals surface area contributed by atoms with E-state index in [4.69, 9.17) is 0 Å². The third-order valence-electron chi connectivity index (χ3n) is 5.22. The van der Waals surface area contributed by atoms with E-state index in [-0.39, 0.29) is 0 Å². The molecule has 2 fully saturated rings. The van der Waals surface area contributed by atoms with Crippen LogP contribution >= 0.6 is 11.8 Å². The minimum atomic E-state index is -0.588. The first-order chi connectivity index (χ1) is 12.1. The molecule has 0 radical (unpaired) electrons. The summed E-state index contributed by atoms with van der Waals surface area (Å²) in [5.41, 5.74) is 1.63. The smallest absolute Gasteiger partial charge is 0.313 e. The van der Waals surface area contributed by atoms with Crippen LogP contribution in [0.1, 0.15) is 24.8 Å². The van der Waals surface area contributed by atoms with E-state index < -0.39 is 11.8 Å². The molecule has 25 heavy (non-hydrogen) atoms. The second kappa shape index (κ2) is 8.72. The number of benzene rings is 1. The number of nitrogens with one attached hydrogen (secondary N) is 2. The molecular formula is C19H27N3O2S. The number of likely N-dealkylation sites (tertiary alicyclic amines) is 1. The molecule has 6 heteroatoms. The van der Waals surface area contributed by atoms with Gasteiger partial charge >= 0.3 is 11.8 Å². The van der Waals surface area contributed by atoms with Gasteiger partial charge in [0.25, 0.3) is 0 Å². The number of hydrogen-bond acceptors (Lipinski definition) is 4. The van der Waals surface area contributed by atoms with Gasteiger partial charge in [0, 0.05) is 24.0 Å². The Hall–Kier alpha value is -1.53. The zero-order chi connectivity index (χ0) is 17.6. The van der Waals surface area contributed by atoms with Crippen LogP contribution in [0.2, 0.25) is 0 Å².